The fraction of sp³-hybridized carbons (Fsp3) is 0.455. The molecule has 4 heteroatoms. The monoisotopic (exact) mass is 247 g/mol. The quantitative estimate of drug-likeness (QED) is 0.774. The van der Waals surface area contributed by atoms with Crippen molar-refractivity contribution in [2.75, 3.05) is 18.6 Å². The lowest BCUT2D eigenvalue weighted by Gasteiger charge is -2.06. The van der Waals surface area contributed by atoms with E-state index in [9.17, 15) is 4.39 Å². The van der Waals surface area contributed by atoms with Crippen LogP contribution in [-0.2, 0) is 6.54 Å². The van der Waals surface area contributed by atoms with Crippen LogP contribution in [0.1, 0.15) is 12.0 Å². The van der Waals surface area contributed by atoms with E-state index in [1.807, 2.05) is 17.8 Å². The minimum absolute atomic E-state index is 0.231. The highest BCUT2D eigenvalue weighted by molar-refractivity contribution is 7.98. The van der Waals surface area contributed by atoms with Gasteiger partial charge in [-0.25, -0.2) is 4.39 Å². The van der Waals surface area contributed by atoms with Crippen molar-refractivity contribution in [3.8, 4) is 0 Å². The summed E-state index contributed by atoms with van der Waals surface area (Å²) in [6.45, 7) is 1.57. The van der Waals surface area contributed by atoms with Crippen molar-refractivity contribution in [2.45, 2.75) is 13.0 Å². The third kappa shape index (κ3) is 4.41. The van der Waals surface area contributed by atoms with E-state index in [4.69, 9.17) is 11.6 Å². The maximum Gasteiger partial charge on any atom is 0.142 e. The lowest BCUT2D eigenvalue weighted by Crippen LogP contribution is -2.15. The van der Waals surface area contributed by atoms with Crippen molar-refractivity contribution in [1.82, 2.24) is 5.32 Å². The standard InChI is InChI=1S/C11H15ClFNS/c1-15-7-3-6-14-8-9-4-2-5-10(13)11(9)12/h2,4-5,14H,3,6-8H2,1H3. The van der Waals surface area contributed by atoms with Gasteiger partial charge in [-0.15, -0.1) is 0 Å². The van der Waals surface area contributed by atoms with Gasteiger partial charge in [-0.1, -0.05) is 23.7 Å². The fourth-order valence-electron chi connectivity index (χ4n) is 1.25. The average molecular weight is 248 g/mol. The number of hydrogen-bond acceptors (Lipinski definition) is 2. The summed E-state index contributed by atoms with van der Waals surface area (Å²) < 4.78 is 13.0. The lowest BCUT2D eigenvalue weighted by molar-refractivity contribution is 0.620. The molecule has 0 spiro atoms. The van der Waals surface area contributed by atoms with Gasteiger partial charge in [0.05, 0.1) is 5.02 Å². The Labute approximate surface area is 99.4 Å². The van der Waals surface area contributed by atoms with Crippen LogP contribution in [0.15, 0.2) is 18.2 Å². The van der Waals surface area contributed by atoms with E-state index in [1.165, 1.54) is 6.07 Å². The normalized spacial score (nSPS) is 10.6. The van der Waals surface area contributed by atoms with Gasteiger partial charge in [0, 0.05) is 6.54 Å². The molecule has 0 aliphatic carbocycles. The van der Waals surface area contributed by atoms with Crippen molar-refractivity contribution in [1.29, 1.82) is 0 Å². The second-order valence-corrected chi connectivity index (χ2v) is 4.60. The molecule has 0 amide bonds. The van der Waals surface area contributed by atoms with E-state index in [-0.39, 0.29) is 10.8 Å². The van der Waals surface area contributed by atoms with E-state index in [2.05, 4.69) is 11.6 Å². The summed E-state index contributed by atoms with van der Waals surface area (Å²) in [6, 6.07) is 4.90. The van der Waals surface area contributed by atoms with Crippen molar-refractivity contribution in [3.05, 3.63) is 34.6 Å². The van der Waals surface area contributed by atoms with Gasteiger partial charge >= 0.3 is 0 Å². The molecule has 84 valence electrons. The topological polar surface area (TPSA) is 12.0 Å². The summed E-state index contributed by atoms with van der Waals surface area (Å²) in [5, 5.41) is 3.47. The molecule has 0 aromatic heterocycles. The number of thioether (sulfide) groups is 1. The Hall–Kier alpha value is -0.250. The van der Waals surface area contributed by atoms with Crippen molar-refractivity contribution < 1.29 is 4.39 Å². The number of rotatable bonds is 6. The Morgan fingerprint density at radius 3 is 3.00 bits per heavy atom. The van der Waals surface area contributed by atoms with Gasteiger partial charge in [-0.3, -0.25) is 0 Å². The van der Waals surface area contributed by atoms with Gasteiger partial charge < -0.3 is 5.32 Å². The van der Waals surface area contributed by atoms with Crippen LogP contribution in [-0.4, -0.2) is 18.6 Å². The first-order valence-electron chi connectivity index (χ1n) is 4.88. The Bertz CT molecular complexity index is 307. The predicted octanol–water partition coefficient (Wildman–Crippen LogP) is 3.32. The summed E-state index contributed by atoms with van der Waals surface area (Å²) >= 11 is 7.64. The molecule has 0 fully saturated rings. The van der Waals surface area contributed by atoms with Crippen LogP contribution in [0, 0.1) is 5.82 Å². The highest BCUT2D eigenvalue weighted by Gasteiger charge is 2.04. The fourth-order valence-corrected chi connectivity index (χ4v) is 1.88. The average Bonchev–Trinajstić information content (AvgIpc) is 2.24. The molecule has 0 aliphatic rings. The molecule has 1 aromatic carbocycles. The predicted molar refractivity (Wildman–Crippen MR) is 66.1 cm³/mol. The molecular weight excluding hydrogens is 233 g/mol. The van der Waals surface area contributed by atoms with Gasteiger partial charge in [0.25, 0.3) is 0 Å². The summed E-state index contributed by atoms with van der Waals surface area (Å²) in [4.78, 5) is 0. The van der Waals surface area contributed by atoms with E-state index in [1.54, 1.807) is 6.07 Å². The minimum atomic E-state index is -0.347. The molecule has 0 aliphatic heterocycles. The molecule has 15 heavy (non-hydrogen) atoms. The second kappa shape index (κ2) is 7.09. The molecular formula is C11H15ClFNS. The number of nitrogens with one attached hydrogen (secondary N) is 1. The molecule has 1 nitrogen and oxygen atoms in total. The Balaban J connectivity index is 2.34. The molecule has 0 heterocycles. The largest absolute Gasteiger partial charge is 0.313 e. The second-order valence-electron chi connectivity index (χ2n) is 3.24. The molecule has 0 saturated heterocycles. The Morgan fingerprint density at radius 2 is 2.27 bits per heavy atom. The van der Waals surface area contributed by atoms with Crippen molar-refractivity contribution in [2.24, 2.45) is 0 Å². The summed E-state index contributed by atoms with van der Waals surface area (Å²) in [5.41, 5.74) is 0.820. The Kier molecular flexibility index (Phi) is 6.06. The van der Waals surface area contributed by atoms with Crippen LogP contribution in [0.2, 0.25) is 5.02 Å². The minimum Gasteiger partial charge on any atom is -0.313 e. The highest BCUT2D eigenvalue weighted by atomic mass is 35.5. The SMILES string of the molecule is CSCCCNCc1cccc(F)c1Cl. The molecule has 0 unspecified atom stereocenters. The zero-order valence-corrected chi connectivity index (χ0v) is 10.3. The zero-order valence-electron chi connectivity index (χ0n) is 8.72. The third-order valence-corrected chi connectivity index (χ3v) is 3.17. The maximum atomic E-state index is 13.0. The van der Waals surface area contributed by atoms with Crippen molar-refractivity contribution >= 4 is 23.4 Å². The first kappa shape index (κ1) is 12.8. The van der Waals surface area contributed by atoms with Crippen molar-refractivity contribution in [3.63, 3.8) is 0 Å². The molecule has 0 atom stereocenters. The smallest absolute Gasteiger partial charge is 0.142 e. The third-order valence-electron chi connectivity index (χ3n) is 2.05. The molecule has 1 aromatic rings. The lowest BCUT2D eigenvalue weighted by atomic mass is 10.2. The summed E-state index contributed by atoms with van der Waals surface area (Å²) in [5.74, 6) is 0.796. The van der Waals surface area contributed by atoms with Crippen LogP contribution in [0.5, 0.6) is 0 Å². The molecule has 0 saturated carbocycles. The molecule has 1 N–H and O–H groups in total. The van der Waals surface area contributed by atoms with E-state index >= 15 is 0 Å². The van der Waals surface area contributed by atoms with Crippen LogP contribution >= 0.6 is 23.4 Å². The molecule has 0 radical (unpaired) electrons. The first-order chi connectivity index (χ1) is 7.25. The van der Waals surface area contributed by atoms with Crippen LogP contribution < -0.4 is 5.32 Å². The van der Waals surface area contributed by atoms with Gasteiger partial charge in [0.2, 0.25) is 0 Å². The van der Waals surface area contributed by atoms with Gasteiger partial charge in [-0.2, -0.15) is 11.8 Å². The van der Waals surface area contributed by atoms with Crippen LogP contribution in [0.4, 0.5) is 4.39 Å². The molecule has 0 bridgehead atoms. The molecule has 1 rings (SSSR count). The summed E-state index contributed by atoms with van der Waals surface area (Å²) in [7, 11) is 0. The number of benzene rings is 1. The van der Waals surface area contributed by atoms with E-state index in [0.29, 0.717) is 6.54 Å². The maximum absolute atomic E-state index is 13.0. The van der Waals surface area contributed by atoms with E-state index in [0.717, 1.165) is 24.3 Å². The van der Waals surface area contributed by atoms with Gasteiger partial charge in [-0.05, 0) is 36.6 Å². The van der Waals surface area contributed by atoms with Crippen LogP contribution in [0.25, 0.3) is 0 Å². The zero-order chi connectivity index (χ0) is 11.1. The van der Waals surface area contributed by atoms with E-state index < -0.39 is 0 Å². The number of hydrogen-bond donors (Lipinski definition) is 1. The Morgan fingerprint density at radius 1 is 1.47 bits per heavy atom. The first-order valence-corrected chi connectivity index (χ1v) is 6.65. The number of halogens is 2. The highest BCUT2D eigenvalue weighted by Crippen LogP contribution is 2.19. The van der Waals surface area contributed by atoms with Gasteiger partial charge in [0.1, 0.15) is 5.82 Å². The summed E-state index contributed by atoms with van der Waals surface area (Å²) in [6.07, 6.45) is 3.21. The van der Waals surface area contributed by atoms with Crippen LogP contribution in [0.3, 0.4) is 0 Å². The van der Waals surface area contributed by atoms with Gasteiger partial charge in [0.15, 0.2) is 0 Å².